The molecule has 3 rings (SSSR count). The van der Waals surface area contributed by atoms with Crippen LogP contribution in [-0.4, -0.2) is 22.7 Å². The number of carbonyl (C=O) groups is 1. The normalized spacial score (nSPS) is 10.4. The van der Waals surface area contributed by atoms with Crippen molar-refractivity contribution in [3.8, 4) is 17.2 Å². The largest absolute Gasteiger partial charge is 0.492 e. The average Bonchev–Trinajstić information content (AvgIpc) is 3.08. The van der Waals surface area contributed by atoms with Crippen LogP contribution in [0.25, 0.3) is 11.5 Å². The average molecular weight is 323 g/mol. The van der Waals surface area contributed by atoms with Crippen molar-refractivity contribution in [3.05, 3.63) is 60.0 Å². The second-order valence-corrected chi connectivity index (χ2v) is 5.16. The smallest absolute Gasteiger partial charge is 0.313 e. The summed E-state index contributed by atoms with van der Waals surface area (Å²) in [5.74, 6) is 0.315. The number of para-hydroxylation sites is 2. The zero-order chi connectivity index (χ0) is 16.9. The molecule has 122 valence electrons. The van der Waals surface area contributed by atoms with E-state index in [1.807, 2.05) is 50.2 Å². The molecule has 1 N–H and O–H groups in total. The lowest BCUT2D eigenvalue weighted by molar-refractivity contribution is 0.0990. The summed E-state index contributed by atoms with van der Waals surface area (Å²) in [4.78, 5) is 12.3. The molecular formula is C18H17N3O3. The number of amides is 1. The van der Waals surface area contributed by atoms with Gasteiger partial charge in [0.1, 0.15) is 5.75 Å². The Morgan fingerprint density at radius 3 is 2.62 bits per heavy atom. The molecule has 0 atom stereocenters. The third-order valence-electron chi connectivity index (χ3n) is 3.35. The van der Waals surface area contributed by atoms with Crippen molar-refractivity contribution in [2.24, 2.45) is 0 Å². The number of carbonyl (C=O) groups excluding carboxylic acids is 1. The number of hydrogen-bond acceptors (Lipinski definition) is 5. The highest BCUT2D eigenvalue weighted by atomic mass is 16.5. The van der Waals surface area contributed by atoms with E-state index in [9.17, 15) is 4.79 Å². The summed E-state index contributed by atoms with van der Waals surface area (Å²) in [6.45, 7) is 4.38. The van der Waals surface area contributed by atoms with Crippen LogP contribution < -0.4 is 10.1 Å². The van der Waals surface area contributed by atoms with Gasteiger partial charge in [0.05, 0.1) is 12.3 Å². The van der Waals surface area contributed by atoms with Gasteiger partial charge in [0.2, 0.25) is 5.89 Å². The molecule has 2 aromatic carbocycles. The Morgan fingerprint density at radius 1 is 1.12 bits per heavy atom. The highest BCUT2D eigenvalue weighted by molar-refractivity contribution is 6.01. The van der Waals surface area contributed by atoms with Crippen molar-refractivity contribution in [2.75, 3.05) is 11.9 Å². The Bertz CT molecular complexity index is 841. The first-order chi connectivity index (χ1) is 11.7. The van der Waals surface area contributed by atoms with Crippen LogP contribution in [0.5, 0.6) is 5.75 Å². The maximum atomic E-state index is 12.3. The Morgan fingerprint density at radius 2 is 1.88 bits per heavy atom. The van der Waals surface area contributed by atoms with Crippen molar-refractivity contribution in [3.63, 3.8) is 0 Å². The number of nitrogens with zero attached hydrogens (tertiary/aromatic N) is 2. The van der Waals surface area contributed by atoms with Crippen LogP contribution in [-0.2, 0) is 0 Å². The number of anilines is 1. The molecule has 0 saturated heterocycles. The Balaban J connectivity index is 1.78. The fourth-order valence-electron chi connectivity index (χ4n) is 2.15. The van der Waals surface area contributed by atoms with E-state index >= 15 is 0 Å². The summed E-state index contributed by atoms with van der Waals surface area (Å²) in [6.07, 6.45) is 0. The molecule has 1 amide bonds. The first-order valence-electron chi connectivity index (χ1n) is 7.61. The van der Waals surface area contributed by atoms with Crippen molar-refractivity contribution in [1.29, 1.82) is 0 Å². The molecule has 0 aliphatic rings. The van der Waals surface area contributed by atoms with Gasteiger partial charge in [0.15, 0.2) is 0 Å². The van der Waals surface area contributed by atoms with E-state index in [-0.39, 0.29) is 5.89 Å². The highest BCUT2D eigenvalue weighted by Gasteiger charge is 2.17. The molecule has 0 bridgehead atoms. The molecule has 0 spiro atoms. The zero-order valence-electron chi connectivity index (χ0n) is 13.4. The van der Waals surface area contributed by atoms with Crippen molar-refractivity contribution in [2.45, 2.75) is 13.8 Å². The van der Waals surface area contributed by atoms with Crippen molar-refractivity contribution >= 4 is 11.6 Å². The molecule has 1 aromatic heterocycles. The predicted molar refractivity (Wildman–Crippen MR) is 90.0 cm³/mol. The van der Waals surface area contributed by atoms with E-state index in [1.165, 1.54) is 0 Å². The lowest BCUT2D eigenvalue weighted by atomic mass is 10.1. The predicted octanol–water partition coefficient (Wildman–Crippen LogP) is 3.70. The molecule has 0 fully saturated rings. The van der Waals surface area contributed by atoms with E-state index in [1.54, 1.807) is 12.1 Å². The van der Waals surface area contributed by atoms with Gasteiger partial charge in [-0.05, 0) is 38.1 Å². The fraction of sp³-hybridized carbons (Fsp3) is 0.167. The first-order valence-corrected chi connectivity index (χ1v) is 7.61. The molecule has 6 nitrogen and oxygen atoms in total. The summed E-state index contributed by atoms with van der Waals surface area (Å²) in [5, 5.41) is 10.5. The minimum atomic E-state index is -0.479. The van der Waals surface area contributed by atoms with Gasteiger partial charge < -0.3 is 14.5 Å². The Hall–Kier alpha value is -3.15. The first kappa shape index (κ1) is 15.7. The molecule has 0 aliphatic carbocycles. The van der Waals surface area contributed by atoms with Crippen LogP contribution in [0.3, 0.4) is 0 Å². The number of ether oxygens (including phenoxy) is 1. The quantitative estimate of drug-likeness (QED) is 0.774. The Labute approximate surface area is 139 Å². The minimum absolute atomic E-state index is 0.100. The van der Waals surface area contributed by atoms with Gasteiger partial charge in [-0.3, -0.25) is 4.79 Å². The van der Waals surface area contributed by atoms with Gasteiger partial charge in [-0.25, -0.2) is 0 Å². The van der Waals surface area contributed by atoms with Crippen molar-refractivity contribution in [1.82, 2.24) is 10.2 Å². The summed E-state index contributed by atoms with van der Waals surface area (Å²) in [7, 11) is 0. The molecule has 0 saturated carbocycles. The SMILES string of the molecule is CCOc1ccccc1NC(=O)c1nnc(-c2ccc(C)cc2)o1. The van der Waals surface area contributed by atoms with Crippen LogP contribution in [0.15, 0.2) is 52.9 Å². The monoisotopic (exact) mass is 323 g/mol. The van der Waals surface area contributed by atoms with Gasteiger partial charge in [-0.2, -0.15) is 0 Å². The van der Waals surface area contributed by atoms with Crippen LogP contribution in [0.2, 0.25) is 0 Å². The number of nitrogens with one attached hydrogen (secondary N) is 1. The lowest BCUT2D eigenvalue weighted by Gasteiger charge is -2.09. The molecule has 0 radical (unpaired) electrons. The molecule has 24 heavy (non-hydrogen) atoms. The number of hydrogen-bond donors (Lipinski definition) is 1. The summed E-state index contributed by atoms with van der Waals surface area (Å²) in [5.41, 5.74) is 2.45. The maximum absolute atomic E-state index is 12.3. The lowest BCUT2D eigenvalue weighted by Crippen LogP contribution is -2.13. The zero-order valence-corrected chi connectivity index (χ0v) is 13.4. The third-order valence-corrected chi connectivity index (χ3v) is 3.35. The molecule has 0 aliphatic heterocycles. The minimum Gasteiger partial charge on any atom is -0.492 e. The highest BCUT2D eigenvalue weighted by Crippen LogP contribution is 2.25. The maximum Gasteiger partial charge on any atom is 0.313 e. The van der Waals surface area contributed by atoms with Gasteiger partial charge in [-0.1, -0.05) is 29.8 Å². The molecular weight excluding hydrogens is 306 g/mol. The van der Waals surface area contributed by atoms with E-state index < -0.39 is 5.91 Å². The molecule has 6 heteroatoms. The van der Waals surface area contributed by atoms with Gasteiger partial charge in [0.25, 0.3) is 0 Å². The summed E-state index contributed by atoms with van der Waals surface area (Å²) < 4.78 is 10.9. The van der Waals surface area contributed by atoms with Crippen molar-refractivity contribution < 1.29 is 13.9 Å². The third kappa shape index (κ3) is 3.43. The molecule has 3 aromatic rings. The fourth-order valence-corrected chi connectivity index (χ4v) is 2.15. The Kier molecular flexibility index (Phi) is 4.56. The van der Waals surface area contributed by atoms with Gasteiger partial charge in [0, 0.05) is 5.56 Å². The van der Waals surface area contributed by atoms with E-state index in [4.69, 9.17) is 9.15 Å². The van der Waals surface area contributed by atoms with Crippen LogP contribution in [0, 0.1) is 6.92 Å². The van der Waals surface area contributed by atoms with Crippen LogP contribution in [0.1, 0.15) is 23.2 Å². The van der Waals surface area contributed by atoms with E-state index in [2.05, 4.69) is 15.5 Å². The second-order valence-electron chi connectivity index (χ2n) is 5.16. The number of rotatable bonds is 5. The van der Waals surface area contributed by atoms with Gasteiger partial charge in [-0.15, -0.1) is 10.2 Å². The topological polar surface area (TPSA) is 77.2 Å². The number of benzene rings is 2. The summed E-state index contributed by atoms with van der Waals surface area (Å²) >= 11 is 0. The second kappa shape index (κ2) is 6.95. The molecule has 1 heterocycles. The standard InChI is InChI=1S/C18H17N3O3/c1-3-23-15-7-5-4-6-14(15)19-16(22)18-21-20-17(24-18)13-10-8-12(2)9-11-13/h4-11H,3H2,1-2H3,(H,19,22). The van der Waals surface area contributed by atoms with E-state index in [0.717, 1.165) is 11.1 Å². The van der Waals surface area contributed by atoms with Gasteiger partial charge >= 0.3 is 11.8 Å². The van der Waals surface area contributed by atoms with Crippen LogP contribution in [0.4, 0.5) is 5.69 Å². The molecule has 0 unspecified atom stereocenters. The number of aryl methyl sites for hydroxylation is 1. The number of aromatic nitrogens is 2. The summed E-state index contributed by atoms with van der Waals surface area (Å²) in [6, 6.07) is 14.8. The van der Waals surface area contributed by atoms with E-state index in [0.29, 0.717) is 23.9 Å². The van der Waals surface area contributed by atoms with Crippen LogP contribution >= 0.6 is 0 Å².